The third kappa shape index (κ3) is 2.83. The van der Waals surface area contributed by atoms with Crippen LogP contribution >= 0.6 is 0 Å². The highest BCUT2D eigenvalue weighted by atomic mass is 14.7. The number of nitrogens with two attached hydrogens (primary N) is 1. The average molecular weight is 226 g/mol. The molecule has 0 spiro atoms. The first-order valence-corrected chi connectivity index (χ1v) is 5.17. The van der Waals surface area contributed by atoms with Gasteiger partial charge in [0, 0.05) is 22.9 Å². The van der Waals surface area contributed by atoms with Crippen molar-refractivity contribution in [3.63, 3.8) is 0 Å². The van der Waals surface area contributed by atoms with Crippen molar-refractivity contribution in [2.45, 2.75) is 26.2 Å². The Morgan fingerprint density at radius 1 is 1.24 bits per heavy atom. The van der Waals surface area contributed by atoms with Gasteiger partial charge < -0.3 is 5.73 Å². The van der Waals surface area contributed by atoms with Crippen molar-refractivity contribution in [1.29, 1.82) is 10.5 Å². The number of aromatic nitrogens is 1. The summed E-state index contributed by atoms with van der Waals surface area (Å²) in [6.07, 6.45) is 1.59. The van der Waals surface area contributed by atoms with E-state index < -0.39 is 0 Å². The summed E-state index contributed by atoms with van der Waals surface area (Å²) >= 11 is 0. The minimum absolute atomic E-state index is 0.0374. The van der Waals surface area contributed by atoms with Gasteiger partial charge in [0.2, 0.25) is 0 Å². The Labute approximate surface area is 101 Å². The van der Waals surface area contributed by atoms with Crippen LogP contribution in [0.25, 0.3) is 5.70 Å². The second-order valence-corrected chi connectivity index (χ2v) is 4.69. The van der Waals surface area contributed by atoms with Crippen LogP contribution in [0, 0.1) is 22.7 Å². The summed E-state index contributed by atoms with van der Waals surface area (Å²) in [5.74, 6) is 0. The van der Waals surface area contributed by atoms with E-state index in [-0.39, 0.29) is 16.7 Å². The van der Waals surface area contributed by atoms with Crippen LogP contribution in [-0.4, -0.2) is 4.98 Å². The molecule has 0 aliphatic heterocycles. The van der Waals surface area contributed by atoms with Gasteiger partial charge >= 0.3 is 0 Å². The molecular formula is C13H14N4. The Bertz CT molecular complexity index is 503. The van der Waals surface area contributed by atoms with Crippen molar-refractivity contribution in [1.82, 2.24) is 4.98 Å². The van der Waals surface area contributed by atoms with E-state index in [0.717, 1.165) is 5.69 Å². The maximum Gasteiger partial charge on any atom is 0.153 e. The molecule has 0 aromatic carbocycles. The Balaban J connectivity index is 3.19. The first-order chi connectivity index (χ1) is 7.90. The zero-order valence-corrected chi connectivity index (χ0v) is 10.2. The minimum Gasteiger partial charge on any atom is -0.397 e. The van der Waals surface area contributed by atoms with Crippen molar-refractivity contribution in [2.75, 3.05) is 0 Å². The van der Waals surface area contributed by atoms with Crippen molar-refractivity contribution in [2.24, 2.45) is 5.73 Å². The summed E-state index contributed by atoms with van der Waals surface area (Å²) in [5.41, 5.74) is 7.29. The van der Waals surface area contributed by atoms with Gasteiger partial charge in [-0.15, -0.1) is 0 Å². The van der Waals surface area contributed by atoms with Crippen LogP contribution in [0.4, 0.5) is 0 Å². The predicted molar refractivity (Wildman–Crippen MR) is 65.3 cm³/mol. The van der Waals surface area contributed by atoms with Crippen molar-refractivity contribution in [3.05, 3.63) is 35.2 Å². The molecule has 1 aromatic heterocycles. The molecular weight excluding hydrogens is 212 g/mol. The number of nitriles is 2. The van der Waals surface area contributed by atoms with Crippen LogP contribution < -0.4 is 5.73 Å². The summed E-state index contributed by atoms with van der Waals surface area (Å²) in [5, 5.41) is 17.4. The summed E-state index contributed by atoms with van der Waals surface area (Å²) < 4.78 is 0. The first kappa shape index (κ1) is 12.7. The van der Waals surface area contributed by atoms with E-state index in [1.165, 1.54) is 0 Å². The molecule has 0 fully saturated rings. The maximum absolute atomic E-state index is 8.71. The molecule has 0 atom stereocenters. The third-order valence-corrected chi connectivity index (χ3v) is 2.34. The molecule has 86 valence electrons. The third-order valence-electron chi connectivity index (χ3n) is 2.34. The molecule has 0 amide bonds. The Morgan fingerprint density at radius 2 is 1.82 bits per heavy atom. The van der Waals surface area contributed by atoms with Crippen LogP contribution in [0.5, 0.6) is 0 Å². The van der Waals surface area contributed by atoms with E-state index in [1.54, 1.807) is 24.4 Å². The maximum atomic E-state index is 8.71. The smallest absolute Gasteiger partial charge is 0.153 e. The van der Waals surface area contributed by atoms with Crippen LogP contribution in [0.3, 0.4) is 0 Å². The molecule has 0 saturated carbocycles. The topological polar surface area (TPSA) is 86.5 Å². The molecule has 1 aromatic rings. The highest BCUT2D eigenvalue weighted by Crippen LogP contribution is 2.21. The molecule has 4 heteroatoms. The van der Waals surface area contributed by atoms with Crippen molar-refractivity contribution < 1.29 is 0 Å². The summed E-state index contributed by atoms with van der Waals surface area (Å²) in [7, 11) is 0. The van der Waals surface area contributed by atoms with Crippen LogP contribution in [0.15, 0.2) is 23.9 Å². The molecule has 2 N–H and O–H groups in total. The molecule has 0 bridgehead atoms. The van der Waals surface area contributed by atoms with Gasteiger partial charge in [-0.3, -0.25) is 4.98 Å². The molecule has 0 unspecified atom stereocenters. The number of rotatable bonds is 1. The number of hydrogen-bond acceptors (Lipinski definition) is 4. The van der Waals surface area contributed by atoms with E-state index in [9.17, 15) is 0 Å². The van der Waals surface area contributed by atoms with Crippen molar-refractivity contribution >= 4 is 5.70 Å². The van der Waals surface area contributed by atoms with Gasteiger partial charge in [-0.2, -0.15) is 10.5 Å². The Hall–Kier alpha value is -2.33. The van der Waals surface area contributed by atoms with E-state index >= 15 is 0 Å². The Morgan fingerprint density at radius 3 is 2.18 bits per heavy atom. The fraction of sp³-hybridized carbons (Fsp3) is 0.308. The quantitative estimate of drug-likeness (QED) is 0.743. The van der Waals surface area contributed by atoms with E-state index in [0.29, 0.717) is 5.56 Å². The molecule has 0 aliphatic rings. The molecule has 0 radical (unpaired) electrons. The zero-order valence-electron chi connectivity index (χ0n) is 10.2. The molecule has 1 rings (SSSR count). The van der Waals surface area contributed by atoms with Crippen LogP contribution in [0.1, 0.15) is 32.0 Å². The Kier molecular flexibility index (Phi) is 3.50. The van der Waals surface area contributed by atoms with Crippen LogP contribution in [0.2, 0.25) is 0 Å². The first-order valence-electron chi connectivity index (χ1n) is 5.17. The lowest BCUT2D eigenvalue weighted by Crippen LogP contribution is -2.13. The molecule has 4 nitrogen and oxygen atoms in total. The van der Waals surface area contributed by atoms with E-state index in [4.69, 9.17) is 16.3 Å². The molecule has 0 aliphatic carbocycles. The SMILES string of the molecule is CC(C)(C)c1ccc(C(N)=C(C#N)C#N)cn1. The van der Waals surface area contributed by atoms with Gasteiger partial charge in [0.1, 0.15) is 12.1 Å². The van der Waals surface area contributed by atoms with Gasteiger partial charge in [-0.25, -0.2) is 0 Å². The number of nitrogens with zero attached hydrogens (tertiary/aromatic N) is 3. The normalized spacial score (nSPS) is 10.2. The van der Waals surface area contributed by atoms with Crippen LogP contribution in [-0.2, 0) is 5.41 Å². The largest absolute Gasteiger partial charge is 0.397 e. The highest BCUT2D eigenvalue weighted by Gasteiger charge is 2.15. The predicted octanol–water partition coefficient (Wildman–Crippen LogP) is 2.10. The van der Waals surface area contributed by atoms with Gasteiger partial charge in [0.15, 0.2) is 5.57 Å². The molecule has 0 saturated heterocycles. The lowest BCUT2D eigenvalue weighted by Gasteiger charge is -2.17. The summed E-state index contributed by atoms with van der Waals surface area (Å²) in [4.78, 5) is 4.29. The lowest BCUT2D eigenvalue weighted by molar-refractivity contribution is 0.569. The fourth-order valence-corrected chi connectivity index (χ4v) is 1.29. The summed E-state index contributed by atoms with van der Waals surface area (Å²) in [6, 6.07) is 7.15. The second-order valence-electron chi connectivity index (χ2n) is 4.69. The zero-order chi connectivity index (χ0) is 13.1. The van der Waals surface area contributed by atoms with Gasteiger partial charge in [0.25, 0.3) is 0 Å². The monoisotopic (exact) mass is 226 g/mol. The number of allylic oxidation sites excluding steroid dienone is 1. The van der Waals surface area contributed by atoms with Gasteiger partial charge in [0.05, 0.1) is 5.70 Å². The molecule has 1 heterocycles. The van der Waals surface area contributed by atoms with Gasteiger partial charge in [-0.1, -0.05) is 20.8 Å². The fourth-order valence-electron chi connectivity index (χ4n) is 1.29. The lowest BCUT2D eigenvalue weighted by atomic mass is 9.91. The van der Waals surface area contributed by atoms with Gasteiger partial charge in [-0.05, 0) is 12.1 Å². The standard InChI is InChI=1S/C13H14N4/c1-13(2,3)11-5-4-9(8-17-11)12(16)10(6-14)7-15/h4-5,8H,16H2,1-3H3. The number of pyridine rings is 1. The highest BCUT2D eigenvalue weighted by molar-refractivity contribution is 5.72. The van der Waals surface area contributed by atoms with E-state index in [1.807, 2.05) is 6.07 Å². The van der Waals surface area contributed by atoms with E-state index in [2.05, 4.69) is 25.8 Å². The van der Waals surface area contributed by atoms with Crippen molar-refractivity contribution in [3.8, 4) is 12.1 Å². The number of hydrogen-bond donors (Lipinski definition) is 1. The minimum atomic E-state index is -0.0877. The summed E-state index contributed by atoms with van der Waals surface area (Å²) in [6.45, 7) is 6.18. The molecule has 17 heavy (non-hydrogen) atoms. The average Bonchev–Trinajstić information content (AvgIpc) is 2.29. The second kappa shape index (κ2) is 4.67.